The first kappa shape index (κ1) is 13.5. The number of hydrogen-bond acceptors (Lipinski definition) is 2. The average Bonchev–Trinajstić information content (AvgIpc) is 3.00. The number of amides is 1. The SMILES string of the molecule is CCOc1ccc(C2CCCN2C(=O)C2CC2C)cc1. The zero-order valence-corrected chi connectivity index (χ0v) is 12.3. The number of carbonyl (C=O) groups is 1. The van der Waals surface area contributed by atoms with E-state index in [0.717, 1.165) is 31.6 Å². The van der Waals surface area contributed by atoms with E-state index in [2.05, 4.69) is 24.0 Å². The van der Waals surface area contributed by atoms with Crippen LogP contribution in [0.15, 0.2) is 24.3 Å². The number of benzene rings is 1. The summed E-state index contributed by atoms with van der Waals surface area (Å²) in [7, 11) is 0. The number of rotatable bonds is 4. The molecule has 20 heavy (non-hydrogen) atoms. The molecule has 3 atom stereocenters. The fourth-order valence-corrected chi connectivity index (χ4v) is 3.21. The van der Waals surface area contributed by atoms with Crippen LogP contribution in [-0.2, 0) is 4.79 Å². The van der Waals surface area contributed by atoms with E-state index < -0.39 is 0 Å². The molecular weight excluding hydrogens is 250 g/mol. The Balaban J connectivity index is 1.72. The molecule has 1 aromatic carbocycles. The molecular formula is C17H23NO2. The van der Waals surface area contributed by atoms with Crippen molar-refractivity contribution in [1.29, 1.82) is 0 Å². The molecule has 1 amide bonds. The molecule has 1 aromatic rings. The normalized spacial score (nSPS) is 28.5. The summed E-state index contributed by atoms with van der Waals surface area (Å²) in [6.45, 7) is 5.76. The van der Waals surface area contributed by atoms with E-state index in [-0.39, 0.29) is 6.04 Å². The predicted molar refractivity (Wildman–Crippen MR) is 78.6 cm³/mol. The zero-order chi connectivity index (χ0) is 14.1. The molecule has 1 aliphatic carbocycles. The summed E-state index contributed by atoms with van der Waals surface area (Å²) in [6.07, 6.45) is 3.27. The molecule has 3 heteroatoms. The topological polar surface area (TPSA) is 29.5 Å². The Morgan fingerprint density at radius 2 is 2.05 bits per heavy atom. The fourth-order valence-electron chi connectivity index (χ4n) is 3.21. The highest BCUT2D eigenvalue weighted by molar-refractivity contribution is 5.82. The number of nitrogens with zero attached hydrogens (tertiary/aromatic N) is 1. The van der Waals surface area contributed by atoms with Gasteiger partial charge in [-0.1, -0.05) is 19.1 Å². The minimum Gasteiger partial charge on any atom is -0.494 e. The van der Waals surface area contributed by atoms with Crippen LogP contribution < -0.4 is 4.74 Å². The molecule has 0 N–H and O–H groups in total. The van der Waals surface area contributed by atoms with Gasteiger partial charge < -0.3 is 9.64 Å². The van der Waals surface area contributed by atoms with Gasteiger partial charge in [0.2, 0.25) is 5.91 Å². The summed E-state index contributed by atoms with van der Waals surface area (Å²) in [4.78, 5) is 14.6. The Morgan fingerprint density at radius 1 is 1.35 bits per heavy atom. The first-order chi connectivity index (χ1) is 9.70. The second-order valence-electron chi connectivity index (χ2n) is 6.01. The van der Waals surface area contributed by atoms with Crippen molar-refractivity contribution in [2.45, 2.75) is 39.2 Å². The third kappa shape index (κ3) is 2.54. The van der Waals surface area contributed by atoms with Crippen molar-refractivity contribution >= 4 is 5.91 Å². The Hall–Kier alpha value is -1.51. The number of carbonyl (C=O) groups excluding carboxylic acids is 1. The van der Waals surface area contributed by atoms with Crippen LogP contribution in [0.2, 0.25) is 0 Å². The van der Waals surface area contributed by atoms with Gasteiger partial charge in [0.15, 0.2) is 0 Å². The van der Waals surface area contributed by atoms with Gasteiger partial charge in [-0.05, 0) is 49.8 Å². The monoisotopic (exact) mass is 273 g/mol. The third-order valence-electron chi connectivity index (χ3n) is 4.54. The van der Waals surface area contributed by atoms with Crippen molar-refractivity contribution in [3.05, 3.63) is 29.8 Å². The van der Waals surface area contributed by atoms with Gasteiger partial charge in [-0.2, -0.15) is 0 Å². The first-order valence-electron chi connectivity index (χ1n) is 7.74. The van der Waals surface area contributed by atoms with Crippen molar-refractivity contribution < 1.29 is 9.53 Å². The maximum atomic E-state index is 12.5. The van der Waals surface area contributed by atoms with E-state index in [0.29, 0.717) is 24.3 Å². The number of likely N-dealkylation sites (tertiary alicyclic amines) is 1. The second-order valence-corrected chi connectivity index (χ2v) is 6.01. The third-order valence-corrected chi connectivity index (χ3v) is 4.54. The Labute approximate surface area is 120 Å². The van der Waals surface area contributed by atoms with Crippen LogP contribution in [0, 0.1) is 11.8 Å². The predicted octanol–water partition coefficient (Wildman–Crippen LogP) is 3.40. The lowest BCUT2D eigenvalue weighted by molar-refractivity contribution is -0.133. The molecule has 3 nitrogen and oxygen atoms in total. The van der Waals surface area contributed by atoms with Crippen LogP contribution in [0.5, 0.6) is 5.75 Å². The van der Waals surface area contributed by atoms with Gasteiger partial charge in [-0.15, -0.1) is 0 Å². The quantitative estimate of drug-likeness (QED) is 0.841. The van der Waals surface area contributed by atoms with Crippen molar-refractivity contribution in [3.63, 3.8) is 0 Å². The van der Waals surface area contributed by atoms with Crippen LogP contribution in [-0.4, -0.2) is 24.0 Å². The van der Waals surface area contributed by atoms with Crippen LogP contribution in [0.4, 0.5) is 0 Å². The van der Waals surface area contributed by atoms with Gasteiger partial charge in [0.1, 0.15) is 5.75 Å². The van der Waals surface area contributed by atoms with E-state index >= 15 is 0 Å². The van der Waals surface area contributed by atoms with E-state index in [1.807, 2.05) is 19.1 Å². The smallest absolute Gasteiger partial charge is 0.226 e. The summed E-state index contributed by atoms with van der Waals surface area (Å²) in [6, 6.07) is 8.51. The molecule has 0 bridgehead atoms. The lowest BCUT2D eigenvalue weighted by Gasteiger charge is -2.25. The van der Waals surface area contributed by atoms with Crippen LogP contribution in [0.25, 0.3) is 0 Å². The molecule has 0 aromatic heterocycles. The lowest BCUT2D eigenvalue weighted by Crippen LogP contribution is -2.32. The first-order valence-corrected chi connectivity index (χ1v) is 7.74. The zero-order valence-electron chi connectivity index (χ0n) is 12.3. The minimum absolute atomic E-state index is 0.269. The number of ether oxygens (including phenoxy) is 1. The summed E-state index contributed by atoms with van der Waals surface area (Å²) < 4.78 is 5.48. The van der Waals surface area contributed by atoms with Gasteiger partial charge in [0, 0.05) is 12.5 Å². The second kappa shape index (κ2) is 5.47. The van der Waals surface area contributed by atoms with Crippen molar-refractivity contribution in [2.75, 3.05) is 13.2 Å². The van der Waals surface area contributed by atoms with Crippen molar-refractivity contribution in [2.24, 2.45) is 11.8 Å². The van der Waals surface area contributed by atoms with Gasteiger partial charge in [-0.3, -0.25) is 4.79 Å². The van der Waals surface area contributed by atoms with Gasteiger partial charge in [-0.25, -0.2) is 0 Å². The average molecular weight is 273 g/mol. The van der Waals surface area contributed by atoms with E-state index in [9.17, 15) is 4.79 Å². The molecule has 2 fully saturated rings. The highest BCUT2D eigenvalue weighted by Crippen LogP contribution is 2.43. The van der Waals surface area contributed by atoms with Crippen LogP contribution in [0.3, 0.4) is 0 Å². The largest absolute Gasteiger partial charge is 0.494 e. The molecule has 108 valence electrons. The van der Waals surface area contributed by atoms with Crippen molar-refractivity contribution in [3.8, 4) is 5.75 Å². The molecule has 1 saturated heterocycles. The molecule has 1 heterocycles. The van der Waals surface area contributed by atoms with E-state index in [4.69, 9.17) is 4.74 Å². The highest BCUT2D eigenvalue weighted by Gasteiger charge is 2.44. The maximum Gasteiger partial charge on any atom is 0.226 e. The molecule has 3 unspecified atom stereocenters. The minimum atomic E-state index is 0.269. The Kier molecular flexibility index (Phi) is 3.68. The van der Waals surface area contributed by atoms with Gasteiger partial charge >= 0.3 is 0 Å². The van der Waals surface area contributed by atoms with Crippen LogP contribution in [0.1, 0.15) is 44.7 Å². The van der Waals surface area contributed by atoms with Gasteiger partial charge in [0.25, 0.3) is 0 Å². The molecule has 0 radical (unpaired) electrons. The molecule has 1 aliphatic heterocycles. The fraction of sp³-hybridized carbons (Fsp3) is 0.588. The number of hydrogen-bond donors (Lipinski definition) is 0. The summed E-state index contributed by atoms with van der Waals surface area (Å²) in [5.41, 5.74) is 1.24. The molecule has 2 aliphatic rings. The standard InChI is InChI=1S/C17H23NO2/c1-3-20-14-8-6-13(7-9-14)16-5-4-10-18(16)17(19)15-11-12(15)2/h6-9,12,15-16H,3-5,10-11H2,1-2H3. The summed E-state index contributed by atoms with van der Waals surface area (Å²) >= 11 is 0. The molecule has 3 rings (SSSR count). The summed E-state index contributed by atoms with van der Waals surface area (Å²) in [5.74, 6) is 2.15. The lowest BCUT2D eigenvalue weighted by atomic mass is 10.0. The Morgan fingerprint density at radius 3 is 2.65 bits per heavy atom. The van der Waals surface area contributed by atoms with Crippen molar-refractivity contribution in [1.82, 2.24) is 4.90 Å². The Bertz CT molecular complexity index is 482. The van der Waals surface area contributed by atoms with E-state index in [1.165, 1.54) is 5.56 Å². The molecule has 1 saturated carbocycles. The van der Waals surface area contributed by atoms with E-state index in [1.54, 1.807) is 0 Å². The van der Waals surface area contributed by atoms with Crippen LogP contribution >= 0.6 is 0 Å². The maximum absolute atomic E-state index is 12.5. The highest BCUT2D eigenvalue weighted by atomic mass is 16.5. The molecule has 0 spiro atoms. The summed E-state index contributed by atoms with van der Waals surface area (Å²) in [5, 5.41) is 0. The van der Waals surface area contributed by atoms with Gasteiger partial charge in [0.05, 0.1) is 12.6 Å².